The Labute approximate surface area is 62.2 Å². The Hall–Kier alpha value is -0.380. The number of rotatable bonds is 1. The van der Waals surface area contributed by atoms with Crippen molar-refractivity contribution in [3.63, 3.8) is 0 Å². The van der Waals surface area contributed by atoms with E-state index in [1.54, 1.807) is 4.68 Å². The maximum absolute atomic E-state index is 3.97. The van der Waals surface area contributed by atoms with E-state index < -0.39 is 0 Å². The Morgan fingerprint density at radius 1 is 1.67 bits per heavy atom. The van der Waals surface area contributed by atoms with E-state index in [-0.39, 0.29) is 0 Å². The Bertz CT molecular complexity index is 194. The monoisotopic (exact) mass is 189 g/mol. The quantitative estimate of drug-likeness (QED) is 0.673. The van der Waals surface area contributed by atoms with Crippen LogP contribution in [0.5, 0.6) is 0 Å². The molecule has 9 heavy (non-hydrogen) atoms. The van der Waals surface area contributed by atoms with Gasteiger partial charge in [0.05, 0.1) is 0 Å². The van der Waals surface area contributed by atoms with Crippen LogP contribution in [0, 0.1) is 0 Å². The van der Waals surface area contributed by atoms with E-state index in [1.165, 1.54) is 6.33 Å². The molecule has 4 heteroatoms. The van der Waals surface area contributed by atoms with Crippen molar-refractivity contribution in [2.24, 2.45) is 0 Å². The summed E-state index contributed by atoms with van der Waals surface area (Å²) in [5, 5.41) is 3.97. The molecular weight excluding hydrogens is 182 g/mol. The molecule has 0 aliphatic heterocycles. The lowest BCUT2D eigenvalue weighted by Crippen LogP contribution is -2.02. The largest absolute Gasteiger partial charge is 0.238 e. The van der Waals surface area contributed by atoms with E-state index in [9.17, 15) is 0 Å². The Kier molecular flexibility index (Phi) is 1.85. The number of nitrogens with zero attached hydrogens (tertiary/aromatic N) is 3. The lowest BCUT2D eigenvalue weighted by molar-refractivity contribution is 0.519. The van der Waals surface area contributed by atoms with Gasteiger partial charge in [0.1, 0.15) is 6.33 Å². The topological polar surface area (TPSA) is 30.7 Å². The van der Waals surface area contributed by atoms with Gasteiger partial charge in [0.15, 0.2) is 4.73 Å². The van der Waals surface area contributed by atoms with E-state index in [4.69, 9.17) is 0 Å². The van der Waals surface area contributed by atoms with E-state index >= 15 is 0 Å². The van der Waals surface area contributed by atoms with Crippen molar-refractivity contribution < 1.29 is 0 Å². The van der Waals surface area contributed by atoms with E-state index in [0.717, 1.165) is 4.73 Å². The molecule has 0 atom stereocenters. The first kappa shape index (κ1) is 6.74. The molecule has 1 rings (SSSR count). The molecule has 0 aliphatic carbocycles. The van der Waals surface area contributed by atoms with Gasteiger partial charge >= 0.3 is 0 Å². The second-order valence-corrected chi connectivity index (χ2v) is 2.78. The predicted octanol–water partition coefficient (Wildman–Crippen LogP) is 1.62. The van der Waals surface area contributed by atoms with E-state index in [0.29, 0.717) is 6.04 Å². The molecule has 0 saturated heterocycles. The van der Waals surface area contributed by atoms with Gasteiger partial charge in [0.2, 0.25) is 0 Å². The van der Waals surface area contributed by atoms with Crippen LogP contribution in [0.1, 0.15) is 19.9 Å². The van der Waals surface area contributed by atoms with Crippen LogP contribution >= 0.6 is 15.9 Å². The lowest BCUT2D eigenvalue weighted by Gasteiger charge is -2.03. The van der Waals surface area contributed by atoms with Crippen molar-refractivity contribution >= 4 is 15.9 Å². The molecule has 3 nitrogen and oxygen atoms in total. The fourth-order valence-corrected chi connectivity index (χ4v) is 1.17. The van der Waals surface area contributed by atoms with Gasteiger partial charge in [-0.05, 0) is 29.8 Å². The summed E-state index contributed by atoms with van der Waals surface area (Å²) in [4.78, 5) is 3.91. The van der Waals surface area contributed by atoms with E-state index in [1.807, 2.05) is 0 Å². The first-order valence-corrected chi connectivity index (χ1v) is 3.56. The van der Waals surface area contributed by atoms with Crippen LogP contribution in [0.2, 0.25) is 0 Å². The third-order valence-electron chi connectivity index (χ3n) is 1.02. The molecule has 0 spiro atoms. The molecular formula is C5H8BrN3. The minimum atomic E-state index is 0.377. The molecule has 0 radical (unpaired) electrons. The average Bonchev–Trinajstić information content (AvgIpc) is 2.13. The zero-order valence-corrected chi connectivity index (χ0v) is 6.96. The predicted molar refractivity (Wildman–Crippen MR) is 38.1 cm³/mol. The minimum Gasteiger partial charge on any atom is -0.238 e. The van der Waals surface area contributed by atoms with Crippen molar-refractivity contribution in [2.75, 3.05) is 0 Å². The summed E-state index contributed by atoms with van der Waals surface area (Å²) < 4.78 is 2.59. The third-order valence-corrected chi connectivity index (χ3v) is 1.59. The molecule has 0 aliphatic rings. The Balaban J connectivity index is 2.94. The average molecular weight is 190 g/mol. The third kappa shape index (κ3) is 1.30. The molecule has 0 N–H and O–H groups in total. The van der Waals surface area contributed by atoms with Crippen LogP contribution in [0.25, 0.3) is 0 Å². The van der Waals surface area contributed by atoms with Gasteiger partial charge in [0.25, 0.3) is 0 Å². The zero-order chi connectivity index (χ0) is 6.85. The van der Waals surface area contributed by atoms with Crippen LogP contribution in [0.15, 0.2) is 11.1 Å². The van der Waals surface area contributed by atoms with Gasteiger partial charge < -0.3 is 0 Å². The molecule has 1 aromatic heterocycles. The highest BCUT2D eigenvalue weighted by atomic mass is 79.9. The first-order valence-electron chi connectivity index (χ1n) is 2.77. The fourth-order valence-electron chi connectivity index (χ4n) is 0.582. The summed E-state index contributed by atoms with van der Waals surface area (Å²) >= 11 is 3.26. The summed E-state index contributed by atoms with van der Waals surface area (Å²) in [7, 11) is 0. The summed E-state index contributed by atoms with van der Waals surface area (Å²) in [5.41, 5.74) is 0. The van der Waals surface area contributed by atoms with Gasteiger partial charge in [-0.25, -0.2) is 9.67 Å². The van der Waals surface area contributed by atoms with E-state index in [2.05, 4.69) is 39.9 Å². The number of halogens is 1. The summed E-state index contributed by atoms with van der Waals surface area (Å²) in [6.07, 6.45) is 1.53. The van der Waals surface area contributed by atoms with Crippen LogP contribution < -0.4 is 0 Å². The standard InChI is InChI=1S/C5H8BrN3/c1-4(2)9-5(6)7-3-8-9/h3-4H,1-2H3. The normalized spacial score (nSPS) is 10.7. The second-order valence-electron chi connectivity index (χ2n) is 2.07. The smallest absolute Gasteiger partial charge is 0.195 e. The van der Waals surface area contributed by atoms with Crippen LogP contribution in [-0.2, 0) is 0 Å². The van der Waals surface area contributed by atoms with Crippen molar-refractivity contribution in [3.05, 3.63) is 11.1 Å². The van der Waals surface area contributed by atoms with Crippen molar-refractivity contribution in [2.45, 2.75) is 19.9 Å². The Morgan fingerprint density at radius 3 is 2.56 bits per heavy atom. The highest BCUT2D eigenvalue weighted by Crippen LogP contribution is 2.09. The van der Waals surface area contributed by atoms with Gasteiger partial charge in [-0.3, -0.25) is 0 Å². The van der Waals surface area contributed by atoms with Crippen molar-refractivity contribution in [1.29, 1.82) is 0 Å². The molecule has 0 fully saturated rings. The lowest BCUT2D eigenvalue weighted by atomic mass is 10.4. The molecule has 0 aromatic carbocycles. The zero-order valence-electron chi connectivity index (χ0n) is 5.37. The number of hydrogen-bond donors (Lipinski definition) is 0. The van der Waals surface area contributed by atoms with Gasteiger partial charge in [-0.2, -0.15) is 5.10 Å². The molecule has 0 saturated carbocycles. The van der Waals surface area contributed by atoms with Gasteiger partial charge in [0, 0.05) is 6.04 Å². The van der Waals surface area contributed by atoms with Crippen LogP contribution in [0.4, 0.5) is 0 Å². The highest BCUT2D eigenvalue weighted by molar-refractivity contribution is 9.10. The number of hydrogen-bond acceptors (Lipinski definition) is 2. The second kappa shape index (κ2) is 2.47. The SMILES string of the molecule is CC(C)n1ncnc1Br. The summed E-state index contributed by atoms with van der Waals surface area (Å²) in [6.45, 7) is 4.11. The summed E-state index contributed by atoms with van der Waals surface area (Å²) in [6, 6.07) is 0.377. The van der Waals surface area contributed by atoms with Crippen LogP contribution in [0.3, 0.4) is 0 Å². The van der Waals surface area contributed by atoms with Crippen molar-refractivity contribution in [1.82, 2.24) is 14.8 Å². The molecule has 0 amide bonds. The maximum Gasteiger partial charge on any atom is 0.195 e. The number of aromatic nitrogens is 3. The molecule has 0 unspecified atom stereocenters. The Morgan fingerprint density at radius 2 is 2.33 bits per heavy atom. The van der Waals surface area contributed by atoms with Gasteiger partial charge in [-0.15, -0.1) is 0 Å². The van der Waals surface area contributed by atoms with Crippen LogP contribution in [-0.4, -0.2) is 14.8 Å². The maximum atomic E-state index is 3.97. The first-order chi connectivity index (χ1) is 4.22. The molecule has 50 valence electrons. The molecule has 1 aromatic rings. The minimum absolute atomic E-state index is 0.377. The molecule has 1 heterocycles. The van der Waals surface area contributed by atoms with Gasteiger partial charge in [-0.1, -0.05) is 0 Å². The molecule has 0 bridgehead atoms. The van der Waals surface area contributed by atoms with Crippen molar-refractivity contribution in [3.8, 4) is 0 Å². The summed E-state index contributed by atoms with van der Waals surface area (Å²) in [5.74, 6) is 0. The fraction of sp³-hybridized carbons (Fsp3) is 0.600. The highest BCUT2D eigenvalue weighted by Gasteiger charge is 2.01.